The molecule has 0 bridgehead atoms. The molecule has 9 heteroatoms. The summed E-state index contributed by atoms with van der Waals surface area (Å²) in [4.78, 5) is 27.6. The highest BCUT2D eigenvalue weighted by Crippen LogP contribution is 2.27. The molecule has 0 aromatic carbocycles. The predicted molar refractivity (Wildman–Crippen MR) is 96.6 cm³/mol. The maximum Gasteiger partial charge on any atom is 0.280 e. The summed E-state index contributed by atoms with van der Waals surface area (Å²) in [6.07, 6.45) is 2.60. The van der Waals surface area contributed by atoms with Crippen LogP contribution in [0.1, 0.15) is 26.0 Å². The monoisotopic (exact) mass is 383 g/mol. The molecule has 144 valence electrons. The number of carbonyl (C=O) groups is 1. The second-order valence-electron chi connectivity index (χ2n) is 7.25. The zero-order chi connectivity index (χ0) is 18.9. The molecule has 2 fully saturated rings. The predicted octanol–water partition coefficient (Wildman–Crippen LogP) is 0.177. The van der Waals surface area contributed by atoms with E-state index < -0.39 is 9.84 Å². The molecule has 3 heterocycles. The molecule has 1 amide bonds. The van der Waals surface area contributed by atoms with Crippen molar-refractivity contribution in [1.29, 1.82) is 0 Å². The number of hydrogen-bond acceptors (Lipinski definition) is 6. The summed E-state index contributed by atoms with van der Waals surface area (Å²) in [6.45, 7) is 5.91. The highest BCUT2D eigenvalue weighted by Gasteiger charge is 2.47. The van der Waals surface area contributed by atoms with E-state index in [9.17, 15) is 18.0 Å². The standard InChI is InChI=1S/C17H25N3O5S/c1-12(2)5-6-19-7-8-20(15-11-26(23,24)10-14(15)19)17(22)4-3-13-9-16(21)18-25-13/h5,9,14-15H,3-4,6-8,10-11H2,1-2H3,(H,18,21)/t14-,15+/m0/s1. The first kappa shape index (κ1) is 18.9. The van der Waals surface area contributed by atoms with Gasteiger partial charge in [-0.2, -0.15) is 5.16 Å². The Morgan fingerprint density at radius 1 is 1.31 bits per heavy atom. The van der Waals surface area contributed by atoms with Gasteiger partial charge in [0, 0.05) is 44.6 Å². The maximum atomic E-state index is 12.7. The zero-order valence-electron chi connectivity index (χ0n) is 15.1. The molecule has 8 nitrogen and oxygen atoms in total. The van der Waals surface area contributed by atoms with E-state index in [-0.39, 0.29) is 41.5 Å². The SMILES string of the molecule is CC(C)=CCN1CCN(C(=O)CCc2cc(=O)[nH]o2)[C@@H]2CS(=O)(=O)C[C@@H]21. The molecular formula is C17H25N3O5S. The number of aromatic amines is 1. The van der Waals surface area contributed by atoms with Gasteiger partial charge in [0.15, 0.2) is 9.84 Å². The van der Waals surface area contributed by atoms with E-state index in [4.69, 9.17) is 4.52 Å². The Kier molecular flexibility index (Phi) is 5.38. The van der Waals surface area contributed by atoms with E-state index >= 15 is 0 Å². The molecule has 0 spiro atoms. The van der Waals surface area contributed by atoms with Crippen molar-refractivity contribution in [2.24, 2.45) is 0 Å². The smallest absolute Gasteiger partial charge is 0.280 e. The Balaban J connectivity index is 1.69. The number of fused-ring (bicyclic) bond motifs is 1. The van der Waals surface area contributed by atoms with Gasteiger partial charge in [-0.1, -0.05) is 11.6 Å². The van der Waals surface area contributed by atoms with Gasteiger partial charge >= 0.3 is 0 Å². The van der Waals surface area contributed by atoms with E-state index in [1.807, 2.05) is 13.8 Å². The number of nitrogens with one attached hydrogen (secondary N) is 1. The van der Waals surface area contributed by atoms with Gasteiger partial charge in [0.25, 0.3) is 5.56 Å². The van der Waals surface area contributed by atoms with Crippen LogP contribution in [0.15, 0.2) is 27.0 Å². The molecule has 0 radical (unpaired) electrons. The Bertz CT molecular complexity index is 850. The Hall–Kier alpha value is -1.87. The fourth-order valence-electron chi connectivity index (χ4n) is 3.68. The molecule has 0 saturated carbocycles. The van der Waals surface area contributed by atoms with Crippen LogP contribution in [0.4, 0.5) is 0 Å². The first-order valence-corrected chi connectivity index (χ1v) is 10.6. The molecule has 0 unspecified atom stereocenters. The van der Waals surface area contributed by atoms with Gasteiger partial charge in [0.1, 0.15) is 5.76 Å². The van der Waals surface area contributed by atoms with E-state index in [2.05, 4.69) is 16.1 Å². The molecule has 1 aromatic heterocycles. The number of rotatable bonds is 5. The zero-order valence-corrected chi connectivity index (χ0v) is 15.9. The number of amides is 1. The van der Waals surface area contributed by atoms with Crippen molar-refractivity contribution in [2.45, 2.75) is 38.8 Å². The van der Waals surface area contributed by atoms with E-state index in [1.165, 1.54) is 11.6 Å². The number of piperazine rings is 1. The van der Waals surface area contributed by atoms with Crippen molar-refractivity contribution in [3.8, 4) is 0 Å². The fourth-order valence-corrected chi connectivity index (χ4v) is 5.69. The van der Waals surface area contributed by atoms with Crippen molar-refractivity contribution in [3.63, 3.8) is 0 Å². The lowest BCUT2D eigenvalue weighted by atomic mass is 10.0. The normalized spacial score (nSPS) is 25.1. The van der Waals surface area contributed by atoms with Crippen molar-refractivity contribution in [2.75, 3.05) is 31.1 Å². The molecule has 2 aliphatic heterocycles. The van der Waals surface area contributed by atoms with Gasteiger partial charge in [-0.05, 0) is 13.8 Å². The average molecular weight is 383 g/mol. The summed E-state index contributed by atoms with van der Waals surface area (Å²) in [5, 5.41) is 2.20. The van der Waals surface area contributed by atoms with Crippen molar-refractivity contribution < 1.29 is 17.7 Å². The molecule has 2 saturated heterocycles. The second-order valence-corrected chi connectivity index (χ2v) is 9.41. The minimum atomic E-state index is -3.15. The summed E-state index contributed by atoms with van der Waals surface area (Å²) in [5.74, 6) is 0.461. The number of sulfone groups is 1. The van der Waals surface area contributed by atoms with E-state index in [0.29, 0.717) is 31.8 Å². The van der Waals surface area contributed by atoms with E-state index in [0.717, 1.165) is 0 Å². The lowest BCUT2D eigenvalue weighted by Gasteiger charge is -2.43. The number of H-pyrrole nitrogens is 1. The van der Waals surface area contributed by atoms with Crippen LogP contribution in [0, 0.1) is 0 Å². The maximum absolute atomic E-state index is 12.7. The number of aromatic nitrogens is 1. The van der Waals surface area contributed by atoms with Crippen molar-refractivity contribution >= 4 is 15.7 Å². The fraction of sp³-hybridized carbons (Fsp3) is 0.647. The second kappa shape index (κ2) is 7.40. The Morgan fingerprint density at radius 2 is 2.04 bits per heavy atom. The Labute approximate surface area is 152 Å². The molecule has 2 aliphatic rings. The number of nitrogens with zero attached hydrogens (tertiary/aromatic N) is 2. The quantitative estimate of drug-likeness (QED) is 0.728. The summed E-state index contributed by atoms with van der Waals surface area (Å²) >= 11 is 0. The van der Waals surface area contributed by atoms with Crippen LogP contribution in [0.5, 0.6) is 0 Å². The van der Waals surface area contributed by atoms with Crippen LogP contribution in [-0.4, -0.2) is 72.5 Å². The van der Waals surface area contributed by atoms with Gasteiger partial charge in [0.05, 0.1) is 17.5 Å². The molecule has 2 atom stereocenters. The van der Waals surface area contributed by atoms with Crippen molar-refractivity contribution in [1.82, 2.24) is 15.0 Å². The average Bonchev–Trinajstić information content (AvgIpc) is 3.11. The third kappa shape index (κ3) is 4.27. The minimum absolute atomic E-state index is 0.0218. The van der Waals surface area contributed by atoms with Crippen LogP contribution in [0.3, 0.4) is 0 Å². The van der Waals surface area contributed by atoms with Crippen LogP contribution >= 0.6 is 0 Å². The van der Waals surface area contributed by atoms with Gasteiger partial charge < -0.3 is 9.42 Å². The molecular weight excluding hydrogens is 358 g/mol. The number of carbonyl (C=O) groups excluding carboxylic acids is 1. The Morgan fingerprint density at radius 3 is 2.69 bits per heavy atom. The number of aryl methyl sites for hydroxylation is 1. The molecule has 1 N–H and O–H groups in total. The molecule has 0 aliphatic carbocycles. The number of hydrogen-bond donors (Lipinski definition) is 1. The van der Waals surface area contributed by atoms with Crippen LogP contribution in [0.25, 0.3) is 0 Å². The summed E-state index contributed by atoms with van der Waals surface area (Å²) < 4.78 is 29.4. The highest BCUT2D eigenvalue weighted by atomic mass is 32.2. The number of allylic oxidation sites excluding steroid dienone is 1. The summed E-state index contributed by atoms with van der Waals surface area (Å²) in [7, 11) is -3.15. The third-order valence-electron chi connectivity index (χ3n) is 5.01. The molecule has 26 heavy (non-hydrogen) atoms. The van der Waals surface area contributed by atoms with Gasteiger partial charge in [-0.15, -0.1) is 0 Å². The largest absolute Gasteiger partial charge is 0.384 e. The molecule has 1 aromatic rings. The van der Waals surface area contributed by atoms with Crippen molar-refractivity contribution in [3.05, 3.63) is 33.8 Å². The van der Waals surface area contributed by atoms with Crippen LogP contribution in [0.2, 0.25) is 0 Å². The van der Waals surface area contributed by atoms with Gasteiger partial charge in [-0.25, -0.2) is 8.42 Å². The first-order valence-electron chi connectivity index (χ1n) is 8.80. The van der Waals surface area contributed by atoms with Crippen LogP contribution in [-0.2, 0) is 21.1 Å². The summed E-state index contributed by atoms with van der Waals surface area (Å²) in [5.41, 5.74) is 0.858. The minimum Gasteiger partial charge on any atom is -0.384 e. The summed E-state index contributed by atoms with van der Waals surface area (Å²) in [6, 6.07) is 0.872. The third-order valence-corrected chi connectivity index (χ3v) is 6.70. The topological polar surface area (TPSA) is 104 Å². The van der Waals surface area contributed by atoms with Crippen LogP contribution < -0.4 is 5.56 Å². The lowest BCUT2D eigenvalue weighted by Crippen LogP contribution is -2.60. The van der Waals surface area contributed by atoms with Gasteiger partial charge in [-0.3, -0.25) is 14.5 Å². The molecule has 3 rings (SSSR count). The van der Waals surface area contributed by atoms with Gasteiger partial charge in [0.2, 0.25) is 5.91 Å². The highest BCUT2D eigenvalue weighted by molar-refractivity contribution is 7.91. The van der Waals surface area contributed by atoms with E-state index in [1.54, 1.807) is 4.90 Å². The first-order chi connectivity index (χ1) is 12.2. The lowest BCUT2D eigenvalue weighted by molar-refractivity contribution is -0.136.